The van der Waals surface area contributed by atoms with Gasteiger partial charge in [-0.05, 0) is 21.0 Å². The lowest BCUT2D eigenvalue weighted by Gasteiger charge is -2.19. The standard InChI is InChI=1S/C8H20N2O/c1-8(11-4)7-10(3)6-5-9-2/h8-9H,5-7H2,1-4H3. The van der Waals surface area contributed by atoms with Crippen LogP contribution < -0.4 is 5.32 Å². The number of rotatable bonds is 6. The van der Waals surface area contributed by atoms with Crippen molar-refractivity contribution in [3.05, 3.63) is 0 Å². The highest BCUT2D eigenvalue weighted by atomic mass is 16.5. The van der Waals surface area contributed by atoms with Gasteiger partial charge in [-0.1, -0.05) is 0 Å². The molecule has 0 spiro atoms. The lowest BCUT2D eigenvalue weighted by molar-refractivity contribution is 0.0862. The van der Waals surface area contributed by atoms with Gasteiger partial charge in [-0.3, -0.25) is 0 Å². The van der Waals surface area contributed by atoms with Crippen LogP contribution in [-0.2, 0) is 4.74 Å². The number of likely N-dealkylation sites (N-methyl/N-ethyl adjacent to an activating group) is 2. The Morgan fingerprint density at radius 3 is 2.64 bits per heavy atom. The van der Waals surface area contributed by atoms with Gasteiger partial charge in [0.25, 0.3) is 0 Å². The molecule has 0 bridgehead atoms. The molecule has 0 saturated heterocycles. The van der Waals surface area contributed by atoms with Gasteiger partial charge in [0.1, 0.15) is 0 Å². The van der Waals surface area contributed by atoms with E-state index in [4.69, 9.17) is 4.74 Å². The molecule has 0 rings (SSSR count). The maximum atomic E-state index is 5.14. The average Bonchev–Trinajstić information content (AvgIpc) is 2.00. The molecule has 1 atom stereocenters. The quantitative estimate of drug-likeness (QED) is 0.599. The summed E-state index contributed by atoms with van der Waals surface area (Å²) < 4.78 is 5.14. The molecule has 3 heteroatoms. The summed E-state index contributed by atoms with van der Waals surface area (Å²) in [6, 6.07) is 0. The topological polar surface area (TPSA) is 24.5 Å². The molecule has 0 heterocycles. The zero-order chi connectivity index (χ0) is 8.69. The Bertz CT molecular complexity index is 88.2. The van der Waals surface area contributed by atoms with Gasteiger partial charge in [0.2, 0.25) is 0 Å². The fraction of sp³-hybridized carbons (Fsp3) is 1.00. The minimum Gasteiger partial charge on any atom is -0.380 e. The maximum absolute atomic E-state index is 5.14. The Morgan fingerprint density at radius 1 is 1.55 bits per heavy atom. The molecule has 0 aliphatic carbocycles. The summed E-state index contributed by atoms with van der Waals surface area (Å²) in [4.78, 5) is 2.25. The summed E-state index contributed by atoms with van der Waals surface area (Å²) in [7, 11) is 5.82. The van der Waals surface area contributed by atoms with Gasteiger partial charge in [-0.15, -0.1) is 0 Å². The SMILES string of the molecule is CNCCN(C)CC(C)OC. The van der Waals surface area contributed by atoms with E-state index in [1.54, 1.807) is 7.11 Å². The van der Waals surface area contributed by atoms with E-state index >= 15 is 0 Å². The molecular formula is C8H20N2O. The Labute approximate surface area is 69.7 Å². The Morgan fingerprint density at radius 2 is 2.18 bits per heavy atom. The first-order valence-electron chi connectivity index (χ1n) is 4.06. The zero-order valence-electron chi connectivity index (χ0n) is 8.05. The van der Waals surface area contributed by atoms with Crippen LogP contribution in [0.2, 0.25) is 0 Å². The van der Waals surface area contributed by atoms with Crippen LogP contribution in [-0.4, -0.2) is 51.8 Å². The molecule has 0 aromatic rings. The van der Waals surface area contributed by atoms with Crippen LogP contribution in [0.1, 0.15) is 6.92 Å². The van der Waals surface area contributed by atoms with Crippen molar-refractivity contribution in [2.24, 2.45) is 0 Å². The smallest absolute Gasteiger partial charge is 0.0670 e. The van der Waals surface area contributed by atoms with E-state index in [2.05, 4.69) is 24.2 Å². The van der Waals surface area contributed by atoms with Crippen molar-refractivity contribution in [1.82, 2.24) is 10.2 Å². The van der Waals surface area contributed by atoms with E-state index in [0.717, 1.165) is 19.6 Å². The highest BCUT2D eigenvalue weighted by Crippen LogP contribution is 1.90. The number of methoxy groups -OCH3 is 1. The number of hydrogen-bond donors (Lipinski definition) is 1. The predicted octanol–water partition coefficient (Wildman–Crippen LogP) is 0.173. The van der Waals surface area contributed by atoms with Crippen molar-refractivity contribution in [2.45, 2.75) is 13.0 Å². The molecular weight excluding hydrogens is 140 g/mol. The Balaban J connectivity index is 3.27. The van der Waals surface area contributed by atoms with E-state index in [-0.39, 0.29) is 0 Å². The van der Waals surface area contributed by atoms with Crippen molar-refractivity contribution in [3.8, 4) is 0 Å². The average molecular weight is 160 g/mol. The van der Waals surface area contributed by atoms with Crippen molar-refractivity contribution >= 4 is 0 Å². The molecule has 11 heavy (non-hydrogen) atoms. The van der Waals surface area contributed by atoms with Gasteiger partial charge < -0.3 is 15.0 Å². The van der Waals surface area contributed by atoms with Crippen molar-refractivity contribution < 1.29 is 4.74 Å². The molecule has 3 nitrogen and oxygen atoms in total. The first-order valence-corrected chi connectivity index (χ1v) is 4.06. The van der Waals surface area contributed by atoms with Gasteiger partial charge in [0.05, 0.1) is 6.10 Å². The molecule has 0 amide bonds. The van der Waals surface area contributed by atoms with E-state index < -0.39 is 0 Å². The molecule has 0 aliphatic rings. The third-order valence-electron chi connectivity index (χ3n) is 1.71. The summed E-state index contributed by atoms with van der Waals surface area (Å²) in [5, 5.41) is 3.11. The molecule has 0 aromatic carbocycles. The van der Waals surface area contributed by atoms with Crippen molar-refractivity contribution in [2.75, 3.05) is 40.8 Å². The second kappa shape index (κ2) is 6.58. The summed E-state index contributed by atoms with van der Waals surface area (Å²) in [6.07, 6.45) is 0.330. The van der Waals surface area contributed by atoms with Crippen LogP contribution in [0, 0.1) is 0 Å². The summed E-state index contributed by atoms with van der Waals surface area (Å²) in [6.45, 7) is 5.19. The Kier molecular flexibility index (Phi) is 6.51. The maximum Gasteiger partial charge on any atom is 0.0670 e. The monoisotopic (exact) mass is 160 g/mol. The zero-order valence-corrected chi connectivity index (χ0v) is 8.05. The number of nitrogens with zero attached hydrogens (tertiary/aromatic N) is 1. The van der Waals surface area contributed by atoms with Crippen LogP contribution in [0.25, 0.3) is 0 Å². The van der Waals surface area contributed by atoms with Gasteiger partial charge in [-0.2, -0.15) is 0 Å². The highest BCUT2D eigenvalue weighted by Gasteiger charge is 2.02. The van der Waals surface area contributed by atoms with Crippen LogP contribution in [0.15, 0.2) is 0 Å². The number of nitrogens with one attached hydrogen (secondary N) is 1. The molecule has 0 aromatic heterocycles. The van der Waals surface area contributed by atoms with Gasteiger partial charge in [0, 0.05) is 26.7 Å². The predicted molar refractivity (Wildman–Crippen MR) is 47.9 cm³/mol. The van der Waals surface area contributed by atoms with Gasteiger partial charge >= 0.3 is 0 Å². The summed E-state index contributed by atoms with van der Waals surface area (Å²) >= 11 is 0. The number of hydrogen-bond acceptors (Lipinski definition) is 3. The summed E-state index contributed by atoms with van der Waals surface area (Å²) in [5.41, 5.74) is 0. The molecule has 0 radical (unpaired) electrons. The minimum atomic E-state index is 0.330. The van der Waals surface area contributed by atoms with Gasteiger partial charge in [0.15, 0.2) is 0 Å². The van der Waals surface area contributed by atoms with Crippen molar-refractivity contribution in [3.63, 3.8) is 0 Å². The second-order valence-electron chi connectivity index (χ2n) is 2.91. The third-order valence-corrected chi connectivity index (χ3v) is 1.71. The molecule has 0 aliphatic heterocycles. The first-order chi connectivity index (χ1) is 5.20. The minimum absolute atomic E-state index is 0.330. The van der Waals surface area contributed by atoms with Crippen LogP contribution >= 0.6 is 0 Å². The molecule has 0 saturated carbocycles. The van der Waals surface area contributed by atoms with Crippen LogP contribution in [0.5, 0.6) is 0 Å². The number of ether oxygens (including phenoxy) is 1. The van der Waals surface area contributed by atoms with Gasteiger partial charge in [-0.25, -0.2) is 0 Å². The molecule has 68 valence electrons. The normalized spacial score (nSPS) is 13.9. The third kappa shape index (κ3) is 6.28. The first kappa shape index (κ1) is 10.9. The van der Waals surface area contributed by atoms with Crippen LogP contribution in [0.3, 0.4) is 0 Å². The molecule has 1 N–H and O–H groups in total. The molecule has 1 unspecified atom stereocenters. The Hall–Kier alpha value is -0.120. The molecule has 0 fully saturated rings. The van der Waals surface area contributed by atoms with Crippen LogP contribution in [0.4, 0.5) is 0 Å². The van der Waals surface area contributed by atoms with E-state index in [9.17, 15) is 0 Å². The largest absolute Gasteiger partial charge is 0.380 e. The lowest BCUT2D eigenvalue weighted by atomic mass is 10.3. The van der Waals surface area contributed by atoms with E-state index in [0.29, 0.717) is 6.10 Å². The highest BCUT2D eigenvalue weighted by molar-refractivity contribution is 4.57. The van der Waals surface area contributed by atoms with E-state index in [1.807, 2.05) is 7.05 Å². The fourth-order valence-corrected chi connectivity index (χ4v) is 0.907. The fourth-order valence-electron chi connectivity index (χ4n) is 0.907. The van der Waals surface area contributed by atoms with Crippen molar-refractivity contribution in [1.29, 1.82) is 0 Å². The summed E-state index contributed by atoms with van der Waals surface area (Å²) in [5.74, 6) is 0. The lowest BCUT2D eigenvalue weighted by Crippen LogP contribution is -2.33. The second-order valence-corrected chi connectivity index (χ2v) is 2.91. The van der Waals surface area contributed by atoms with E-state index in [1.165, 1.54) is 0 Å².